The largest absolute Gasteiger partial charge is 0.497 e. The predicted molar refractivity (Wildman–Crippen MR) is 68.5 cm³/mol. The summed E-state index contributed by atoms with van der Waals surface area (Å²) in [6.07, 6.45) is 0. The maximum atomic E-state index is 8.76. The van der Waals surface area contributed by atoms with Crippen LogP contribution in [0.1, 0.15) is 12.5 Å². The van der Waals surface area contributed by atoms with E-state index in [-0.39, 0.29) is 5.92 Å². The molecular weight excluding hydrogens is 214 g/mol. The zero-order valence-electron chi connectivity index (χ0n) is 10.6. The molecule has 17 heavy (non-hydrogen) atoms. The maximum Gasteiger partial charge on any atom is 0.121 e. The third-order valence-corrected chi connectivity index (χ3v) is 2.48. The Balaban J connectivity index is 2.68. The second-order valence-electron chi connectivity index (χ2n) is 4.34. The lowest BCUT2D eigenvalue weighted by Crippen LogP contribution is -2.23. The lowest BCUT2D eigenvalue weighted by Gasteiger charge is -2.18. The molecule has 0 fully saturated rings. The van der Waals surface area contributed by atoms with Crippen LogP contribution in [0.15, 0.2) is 18.2 Å². The van der Waals surface area contributed by atoms with Crippen molar-refractivity contribution in [1.29, 1.82) is 5.26 Å². The van der Waals surface area contributed by atoms with Crippen molar-refractivity contribution in [1.82, 2.24) is 4.90 Å². The van der Waals surface area contributed by atoms with E-state index in [4.69, 9.17) is 15.7 Å². The van der Waals surface area contributed by atoms with Crippen molar-refractivity contribution in [2.75, 3.05) is 26.4 Å². The Morgan fingerprint density at radius 2 is 2.18 bits per heavy atom. The fraction of sp³-hybridized carbons (Fsp3) is 0.462. The summed E-state index contributed by atoms with van der Waals surface area (Å²) in [6, 6.07) is 7.91. The molecule has 1 atom stereocenters. The molecule has 0 aromatic heterocycles. The van der Waals surface area contributed by atoms with E-state index in [0.717, 1.165) is 24.4 Å². The molecule has 1 aromatic rings. The summed E-state index contributed by atoms with van der Waals surface area (Å²) in [4.78, 5) is 2.10. The molecule has 4 heteroatoms. The summed E-state index contributed by atoms with van der Waals surface area (Å²) in [6.45, 7) is 3.41. The number of nitrogen functional groups attached to an aromatic ring is 1. The van der Waals surface area contributed by atoms with Crippen LogP contribution in [0.3, 0.4) is 0 Å². The summed E-state index contributed by atoms with van der Waals surface area (Å²) in [5, 5.41) is 8.76. The van der Waals surface area contributed by atoms with Crippen LogP contribution < -0.4 is 10.5 Å². The topological polar surface area (TPSA) is 62.3 Å². The van der Waals surface area contributed by atoms with Gasteiger partial charge in [-0.3, -0.25) is 0 Å². The highest BCUT2D eigenvalue weighted by Gasteiger charge is 2.07. The van der Waals surface area contributed by atoms with Gasteiger partial charge in [0.05, 0.1) is 19.1 Å². The highest BCUT2D eigenvalue weighted by atomic mass is 16.5. The van der Waals surface area contributed by atoms with Crippen LogP contribution in [0.4, 0.5) is 5.69 Å². The van der Waals surface area contributed by atoms with Gasteiger partial charge in [0.2, 0.25) is 0 Å². The van der Waals surface area contributed by atoms with E-state index in [1.807, 2.05) is 26.1 Å². The smallest absolute Gasteiger partial charge is 0.121 e. The number of nitriles is 1. The average Bonchev–Trinajstić information content (AvgIpc) is 2.27. The molecule has 0 aliphatic carbocycles. The number of ether oxygens (including phenoxy) is 1. The summed E-state index contributed by atoms with van der Waals surface area (Å²) >= 11 is 0. The molecule has 0 spiro atoms. The second-order valence-corrected chi connectivity index (χ2v) is 4.34. The van der Waals surface area contributed by atoms with Crippen molar-refractivity contribution < 1.29 is 4.74 Å². The Morgan fingerprint density at radius 3 is 2.76 bits per heavy atom. The van der Waals surface area contributed by atoms with E-state index in [0.29, 0.717) is 5.69 Å². The first-order valence-corrected chi connectivity index (χ1v) is 5.56. The van der Waals surface area contributed by atoms with Crippen molar-refractivity contribution in [3.05, 3.63) is 23.8 Å². The molecule has 0 radical (unpaired) electrons. The van der Waals surface area contributed by atoms with Gasteiger partial charge in [0.15, 0.2) is 0 Å². The van der Waals surface area contributed by atoms with E-state index in [2.05, 4.69) is 11.0 Å². The fourth-order valence-corrected chi connectivity index (χ4v) is 1.78. The molecule has 2 N–H and O–H groups in total. The average molecular weight is 233 g/mol. The third kappa shape index (κ3) is 4.33. The number of benzene rings is 1. The maximum absolute atomic E-state index is 8.76. The van der Waals surface area contributed by atoms with Gasteiger partial charge in [0.1, 0.15) is 5.75 Å². The number of methoxy groups -OCH3 is 1. The zero-order valence-corrected chi connectivity index (χ0v) is 10.6. The fourth-order valence-electron chi connectivity index (χ4n) is 1.78. The number of hydrogen-bond donors (Lipinski definition) is 1. The molecule has 0 aliphatic heterocycles. The molecule has 0 bridgehead atoms. The van der Waals surface area contributed by atoms with Gasteiger partial charge < -0.3 is 15.4 Å². The lowest BCUT2D eigenvalue weighted by atomic mass is 10.1. The first-order chi connectivity index (χ1) is 8.05. The molecule has 1 unspecified atom stereocenters. The standard InChI is InChI=1S/C13H19N3O/c1-10(7-14)8-16(2)9-11-4-12(15)6-13(5-11)17-3/h4-6,10H,8-9,15H2,1-3H3. The highest BCUT2D eigenvalue weighted by molar-refractivity contribution is 5.47. The van der Waals surface area contributed by atoms with Gasteiger partial charge in [-0.1, -0.05) is 0 Å². The Labute approximate surface area is 103 Å². The second kappa shape index (κ2) is 6.12. The number of anilines is 1. The molecule has 92 valence electrons. The van der Waals surface area contributed by atoms with Gasteiger partial charge in [-0.2, -0.15) is 5.26 Å². The minimum atomic E-state index is 0.0305. The first kappa shape index (κ1) is 13.3. The van der Waals surface area contributed by atoms with Gasteiger partial charge in [-0.15, -0.1) is 0 Å². The van der Waals surface area contributed by atoms with Crippen LogP contribution in [-0.2, 0) is 6.54 Å². The van der Waals surface area contributed by atoms with Crippen molar-refractivity contribution in [3.63, 3.8) is 0 Å². The van der Waals surface area contributed by atoms with Crippen LogP contribution in [0, 0.1) is 17.2 Å². The highest BCUT2D eigenvalue weighted by Crippen LogP contribution is 2.19. The number of nitrogens with zero attached hydrogens (tertiary/aromatic N) is 2. The van der Waals surface area contributed by atoms with Crippen molar-refractivity contribution >= 4 is 5.69 Å². The lowest BCUT2D eigenvalue weighted by molar-refractivity contribution is 0.302. The number of nitrogens with two attached hydrogens (primary N) is 1. The van der Waals surface area contributed by atoms with E-state index in [1.54, 1.807) is 13.2 Å². The van der Waals surface area contributed by atoms with E-state index in [9.17, 15) is 0 Å². The van der Waals surface area contributed by atoms with Gasteiger partial charge in [-0.05, 0) is 31.7 Å². The van der Waals surface area contributed by atoms with Gasteiger partial charge in [0.25, 0.3) is 0 Å². The summed E-state index contributed by atoms with van der Waals surface area (Å²) in [7, 11) is 3.61. The van der Waals surface area contributed by atoms with E-state index >= 15 is 0 Å². The van der Waals surface area contributed by atoms with Crippen LogP contribution in [0.25, 0.3) is 0 Å². The molecule has 1 aromatic carbocycles. The predicted octanol–water partition coefficient (Wildman–Crippen LogP) is 1.87. The van der Waals surface area contributed by atoms with Crippen molar-refractivity contribution in [3.8, 4) is 11.8 Å². The van der Waals surface area contributed by atoms with Crippen LogP contribution in [-0.4, -0.2) is 25.6 Å². The van der Waals surface area contributed by atoms with Crippen LogP contribution in [0.2, 0.25) is 0 Å². The zero-order chi connectivity index (χ0) is 12.8. The van der Waals surface area contributed by atoms with Crippen molar-refractivity contribution in [2.45, 2.75) is 13.5 Å². The number of hydrogen-bond acceptors (Lipinski definition) is 4. The monoisotopic (exact) mass is 233 g/mol. The SMILES string of the molecule is COc1cc(N)cc(CN(C)CC(C)C#N)c1. The van der Waals surface area contributed by atoms with Gasteiger partial charge in [0, 0.05) is 24.8 Å². The third-order valence-electron chi connectivity index (χ3n) is 2.48. The normalized spacial score (nSPS) is 12.2. The minimum Gasteiger partial charge on any atom is -0.497 e. The first-order valence-electron chi connectivity index (χ1n) is 5.56. The van der Waals surface area contributed by atoms with Gasteiger partial charge in [-0.25, -0.2) is 0 Å². The Bertz CT molecular complexity index is 412. The molecular formula is C13H19N3O. The Morgan fingerprint density at radius 1 is 1.47 bits per heavy atom. The molecule has 0 heterocycles. The Hall–Kier alpha value is -1.73. The van der Waals surface area contributed by atoms with E-state index < -0.39 is 0 Å². The van der Waals surface area contributed by atoms with Crippen LogP contribution >= 0.6 is 0 Å². The molecule has 0 amide bonds. The summed E-state index contributed by atoms with van der Waals surface area (Å²) < 4.78 is 5.17. The summed E-state index contributed by atoms with van der Waals surface area (Å²) in [5.74, 6) is 0.796. The van der Waals surface area contributed by atoms with Gasteiger partial charge >= 0.3 is 0 Å². The molecule has 0 saturated heterocycles. The molecule has 4 nitrogen and oxygen atoms in total. The molecule has 0 aliphatic rings. The quantitative estimate of drug-likeness (QED) is 0.789. The van der Waals surface area contributed by atoms with Crippen LogP contribution in [0.5, 0.6) is 5.75 Å². The Kier molecular flexibility index (Phi) is 4.80. The minimum absolute atomic E-state index is 0.0305. The van der Waals surface area contributed by atoms with Crippen molar-refractivity contribution in [2.24, 2.45) is 5.92 Å². The van der Waals surface area contributed by atoms with E-state index in [1.165, 1.54) is 0 Å². The summed E-state index contributed by atoms with van der Waals surface area (Å²) in [5.41, 5.74) is 7.57. The number of rotatable bonds is 5. The molecule has 1 rings (SSSR count). The molecule has 0 saturated carbocycles.